The van der Waals surface area contributed by atoms with Crippen LogP contribution in [0, 0.1) is 11.3 Å². The van der Waals surface area contributed by atoms with Crippen LogP contribution in [0.15, 0.2) is 63.8 Å². The van der Waals surface area contributed by atoms with E-state index in [1.165, 1.54) is 6.08 Å². The molecule has 3 rings (SSSR count). The van der Waals surface area contributed by atoms with Gasteiger partial charge in [0, 0.05) is 30.2 Å². The Bertz CT molecular complexity index is 1130. The van der Waals surface area contributed by atoms with E-state index in [2.05, 4.69) is 18.7 Å². The van der Waals surface area contributed by atoms with E-state index in [1.54, 1.807) is 36.4 Å². The third kappa shape index (κ3) is 4.02. The quantitative estimate of drug-likeness (QED) is 0.364. The zero-order valence-corrected chi connectivity index (χ0v) is 15.8. The monoisotopic (exact) mass is 372 g/mol. The molecule has 140 valence electrons. The first-order valence-electron chi connectivity index (χ1n) is 9.11. The smallest absolute Gasteiger partial charge is 0.347 e. The summed E-state index contributed by atoms with van der Waals surface area (Å²) in [6.07, 6.45) is 2.94. The molecule has 0 fully saturated rings. The van der Waals surface area contributed by atoms with Gasteiger partial charge in [0.2, 0.25) is 0 Å². The first-order valence-corrected chi connectivity index (χ1v) is 9.11. The maximum Gasteiger partial charge on any atom is 0.347 e. The Morgan fingerprint density at radius 3 is 2.46 bits per heavy atom. The predicted octanol–water partition coefficient (Wildman–Crippen LogP) is 4.41. The Balaban J connectivity index is 1.89. The highest BCUT2D eigenvalue weighted by Crippen LogP contribution is 2.22. The third-order valence-electron chi connectivity index (χ3n) is 4.58. The molecule has 0 aliphatic rings. The van der Waals surface area contributed by atoms with Gasteiger partial charge in [0.15, 0.2) is 5.78 Å². The minimum absolute atomic E-state index is 0.00650. The molecule has 0 amide bonds. The second-order valence-corrected chi connectivity index (χ2v) is 6.27. The van der Waals surface area contributed by atoms with E-state index in [0.29, 0.717) is 16.5 Å². The standard InChI is InChI=1S/C23H20N2O3/c1-3-25(4-2)19-11-10-18-13-20(23(27)28-22(18)14-19)21(26)12-9-16-5-7-17(15-24)8-6-16/h5-14H,3-4H2,1-2H3/b12-9+. The lowest BCUT2D eigenvalue weighted by Gasteiger charge is -2.20. The average Bonchev–Trinajstić information content (AvgIpc) is 2.72. The van der Waals surface area contributed by atoms with Crippen molar-refractivity contribution in [1.82, 2.24) is 0 Å². The molecule has 0 spiro atoms. The molecular formula is C23H20N2O3. The van der Waals surface area contributed by atoms with Crippen LogP contribution in [0.3, 0.4) is 0 Å². The number of hydrogen-bond acceptors (Lipinski definition) is 5. The average molecular weight is 372 g/mol. The molecule has 0 unspecified atom stereocenters. The molecule has 0 saturated heterocycles. The molecular weight excluding hydrogens is 352 g/mol. The minimum atomic E-state index is -0.654. The van der Waals surface area contributed by atoms with Crippen molar-refractivity contribution < 1.29 is 9.21 Å². The maximum absolute atomic E-state index is 12.5. The summed E-state index contributed by atoms with van der Waals surface area (Å²) in [4.78, 5) is 26.9. The second-order valence-electron chi connectivity index (χ2n) is 6.27. The molecule has 0 saturated carbocycles. The first-order chi connectivity index (χ1) is 13.5. The van der Waals surface area contributed by atoms with Gasteiger partial charge in [-0.2, -0.15) is 5.26 Å². The molecule has 5 heteroatoms. The summed E-state index contributed by atoms with van der Waals surface area (Å²) in [5, 5.41) is 9.52. The molecule has 0 bridgehead atoms. The number of anilines is 1. The SMILES string of the molecule is CCN(CC)c1ccc2cc(C(=O)/C=C/c3ccc(C#N)cc3)c(=O)oc2c1. The molecule has 0 N–H and O–H groups in total. The van der Waals surface area contributed by atoms with Crippen LogP contribution in [0.25, 0.3) is 17.0 Å². The summed E-state index contributed by atoms with van der Waals surface area (Å²) in [6, 6.07) is 16.1. The molecule has 0 aliphatic heterocycles. The maximum atomic E-state index is 12.5. The van der Waals surface area contributed by atoms with Crippen molar-refractivity contribution in [2.45, 2.75) is 13.8 Å². The lowest BCUT2D eigenvalue weighted by molar-refractivity contribution is 0.104. The molecule has 1 aromatic heterocycles. The summed E-state index contributed by atoms with van der Waals surface area (Å²) < 4.78 is 5.40. The van der Waals surface area contributed by atoms with E-state index >= 15 is 0 Å². The van der Waals surface area contributed by atoms with Crippen LogP contribution in [0.5, 0.6) is 0 Å². The molecule has 0 aliphatic carbocycles. The number of rotatable bonds is 6. The Labute approximate surface area is 163 Å². The number of ketones is 1. The van der Waals surface area contributed by atoms with Crippen LogP contribution in [0.2, 0.25) is 0 Å². The summed E-state index contributed by atoms with van der Waals surface area (Å²) in [5.74, 6) is -0.423. The van der Waals surface area contributed by atoms with Crippen LogP contribution in [-0.4, -0.2) is 18.9 Å². The Hall–Kier alpha value is -3.65. The molecule has 1 heterocycles. The fraction of sp³-hybridized carbons (Fsp3) is 0.174. The van der Waals surface area contributed by atoms with Crippen molar-refractivity contribution in [3.05, 3.63) is 81.7 Å². The molecule has 3 aromatic rings. The van der Waals surface area contributed by atoms with Crippen molar-refractivity contribution in [1.29, 1.82) is 5.26 Å². The van der Waals surface area contributed by atoms with Gasteiger partial charge in [-0.3, -0.25) is 4.79 Å². The second kappa shape index (κ2) is 8.36. The van der Waals surface area contributed by atoms with Gasteiger partial charge in [0.1, 0.15) is 11.1 Å². The summed E-state index contributed by atoms with van der Waals surface area (Å²) in [7, 11) is 0. The van der Waals surface area contributed by atoms with Crippen LogP contribution in [0.4, 0.5) is 5.69 Å². The molecule has 2 aromatic carbocycles. The van der Waals surface area contributed by atoms with E-state index in [9.17, 15) is 9.59 Å². The fourth-order valence-electron chi connectivity index (χ4n) is 2.99. The predicted molar refractivity (Wildman–Crippen MR) is 111 cm³/mol. The Morgan fingerprint density at radius 2 is 1.82 bits per heavy atom. The van der Waals surface area contributed by atoms with E-state index in [1.807, 2.05) is 24.3 Å². The summed E-state index contributed by atoms with van der Waals surface area (Å²) >= 11 is 0. The van der Waals surface area contributed by atoms with Gasteiger partial charge in [0.05, 0.1) is 11.6 Å². The number of fused-ring (bicyclic) bond motifs is 1. The van der Waals surface area contributed by atoms with Crippen molar-refractivity contribution >= 4 is 28.5 Å². The van der Waals surface area contributed by atoms with Crippen molar-refractivity contribution in [2.24, 2.45) is 0 Å². The van der Waals surface area contributed by atoms with Gasteiger partial charge in [-0.1, -0.05) is 18.2 Å². The lowest BCUT2D eigenvalue weighted by Crippen LogP contribution is -2.21. The van der Waals surface area contributed by atoms with Gasteiger partial charge in [-0.15, -0.1) is 0 Å². The number of carbonyl (C=O) groups excluding carboxylic acids is 1. The Kier molecular flexibility index (Phi) is 5.71. The van der Waals surface area contributed by atoms with Gasteiger partial charge in [0.25, 0.3) is 0 Å². The number of hydrogen-bond donors (Lipinski definition) is 0. The van der Waals surface area contributed by atoms with Gasteiger partial charge in [-0.05, 0) is 55.8 Å². The highest BCUT2D eigenvalue weighted by molar-refractivity contribution is 6.07. The number of benzene rings is 2. The van der Waals surface area contributed by atoms with Gasteiger partial charge in [-0.25, -0.2) is 4.79 Å². The van der Waals surface area contributed by atoms with Crippen LogP contribution in [0.1, 0.15) is 35.3 Å². The number of nitrogens with zero attached hydrogens (tertiary/aromatic N) is 2. The molecule has 0 radical (unpaired) electrons. The molecule has 5 nitrogen and oxygen atoms in total. The fourth-order valence-corrected chi connectivity index (χ4v) is 2.99. The zero-order valence-electron chi connectivity index (χ0n) is 15.8. The highest BCUT2D eigenvalue weighted by Gasteiger charge is 2.12. The van der Waals surface area contributed by atoms with Gasteiger partial charge < -0.3 is 9.32 Å². The first kappa shape index (κ1) is 19.1. The van der Waals surface area contributed by atoms with E-state index in [0.717, 1.165) is 24.3 Å². The Morgan fingerprint density at radius 1 is 1.11 bits per heavy atom. The van der Waals surface area contributed by atoms with Crippen molar-refractivity contribution in [2.75, 3.05) is 18.0 Å². The largest absolute Gasteiger partial charge is 0.422 e. The van der Waals surface area contributed by atoms with E-state index in [-0.39, 0.29) is 5.56 Å². The third-order valence-corrected chi connectivity index (χ3v) is 4.58. The van der Waals surface area contributed by atoms with E-state index < -0.39 is 11.4 Å². The van der Waals surface area contributed by atoms with Crippen LogP contribution >= 0.6 is 0 Å². The number of nitriles is 1. The highest BCUT2D eigenvalue weighted by atomic mass is 16.4. The van der Waals surface area contributed by atoms with E-state index in [4.69, 9.17) is 9.68 Å². The van der Waals surface area contributed by atoms with Crippen LogP contribution in [-0.2, 0) is 0 Å². The minimum Gasteiger partial charge on any atom is -0.422 e. The topological polar surface area (TPSA) is 74.3 Å². The number of allylic oxidation sites excluding steroid dienone is 1. The normalized spacial score (nSPS) is 10.9. The summed E-state index contributed by atoms with van der Waals surface area (Å²) in [6.45, 7) is 5.82. The van der Waals surface area contributed by atoms with Crippen molar-refractivity contribution in [3.63, 3.8) is 0 Å². The zero-order chi connectivity index (χ0) is 20.1. The molecule has 28 heavy (non-hydrogen) atoms. The van der Waals surface area contributed by atoms with Gasteiger partial charge >= 0.3 is 5.63 Å². The lowest BCUT2D eigenvalue weighted by atomic mass is 10.1. The van der Waals surface area contributed by atoms with Crippen molar-refractivity contribution in [3.8, 4) is 6.07 Å². The number of carbonyl (C=O) groups is 1. The molecule has 0 atom stereocenters. The van der Waals surface area contributed by atoms with Crippen LogP contribution < -0.4 is 10.5 Å². The summed E-state index contributed by atoms with van der Waals surface area (Å²) in [5.41, 5.74) is 2.08.